The normalized spacial score (nSPS) is 14.2. The maximum absolute atomic E-state index is 14.2. The number of phenolic OH excluding ortho intramolecular Hbond substituents is 1. The molecule has 0 aliphatic heterocycles. The first-order valence-electron chi connectivity index (χ1n) is 13.4. The van der Waals surface area contributed by atoms with E-state index in [0.717, 1.165) is 6.42 Å². The lowest BCUT2D eigenvalue weighted by Crippen LogP contribution is -2.57. The molecule has 39 heavy (non-hydrogen) atoms. The van der Waals surface area contributed by atoms with Gasteiger partial charge in [0.15, 0.2) is 0 Å². The maximum atomic E-state index is 14.2. The molecule has 0 aliphatic rings. The molecule has 0 saturated heterocycles. The Morgan fingerprint density at radius 3 is 2.10 bits per heavy atom. The van der Waals surface area contributed by atoms with Crippen LogP contribution in [0.15, 0.2) is 18.2 Å². The van der Waals surface area contributed by atoms with Crippen LogP contribution in [0.25, 0.3) is 0 Å². The number of nitrogens with one attached hydrogen (secondary N) is 2. The number of nitrogens with two attached hydrogens (primary N) is 1. The zero-order valence-electron chi connectivity index (χ0n) is 25.2. The van der Waals surface area contributed by atoms with Crippen molar-refractivity contribution in [3.8, 4) is 5.75 Å². The second-order valence-electron chi connectivity index (χ2n) is 12.6. The number of aromatic hydroxyl groups is 1. The largest absolute Gasteiger partial charge is 0.507 e. The fraction of sp³-hybridized carbons (Fsp3) is 0.655. The third-order valence-electron chi connectivity index (χ3n) is 5.87. The van der Waals surface area contributed by atoms with Crippen LogP contribution in [-0.4, -0.2) is 57.0 Å². The molecule has 1 aromatic rings. The summed E-state index contributed by atoms with van der Waals surface area (Å²) in [5.41, 5.74) is 4.73. The summed E-state index contributed by atoms with van der Waals surface area (Å²) in [6.45, 7) is 18.1. The maximum Gasteiger partial charge on any atom is 0.408 e. The van der Waals surface area contributed by atoms with E-state index in [0.29, 0.717) is 17.9 Å². The molecular weight excluding hydrogens is 500 g/mol. The van der Waals surface area contributed by atoms with Crippen LogP contribution in [-0.2, 0) is 19.1 Å². The number of carbonyl (C=O) groups excluding carboxylic acids is 4. The number of benzene rings is 1. The second-order valence-corrected chi connectivity index (χ2v) is 12.6. The van der Waals surface area contributed by atoms with Crippen molar-refractivity contribution in [2.45, 2.75) is 118 Å². The zero-order valence-corrected chi connectivity index (χ0v) is 25.2. The van der Waals surface area contributed by atoms with E-state index in [1.165, 1.54) is 4.90 Å². The monoisotopic (exact) mass is 548 g/mol. The summed E-state index contributed by atoms with van der Waals surface area (Å²) in [7, 11) is 0. The van der Waals surface area contributed by atoms with Crippen molar-refractivity contribution in [1.82, 2.24) is 15.5 Å². The van der Waals surface area contributed by atoms with E-state index in [9.17, 15) is 24.3 Å². The number of ether oxygens (including phenoxy) is 1. The molecule has 0 spiro atoms. The van der Waals surface area contributed by atoms with Crippen LogP contribution in [0.5, 0.6) is 5.75 Å². The summed E-state index contributed by atoms with van der Waals surface area (Å²) < 4.78 is 5.32. The summed E-state index contributed by atoms with van der Waals surface area (Å²) in [6.07, 6.45) is -0.117. The van der Waals surface area contributed by atoms with Crippen molar-refractivity contribution in [3.63, 3.8) is 0 Å². The highest BCUT2D eigenvalue weighted by Gasteiger charge is 2.41. The van der Waals surface area contributed by atoms with Gasteiger partial charge in [-0.2, -0.15) is 0 Å². The predicted molar refractivity (Wildman–Crippen MR) is 151 cm³/mol. The van der Waals surface area contributed by atoms with Gasteiger partial charge in [-0.25, -0.2) is 4.79 Å². The highest BCUT2D eigenvalue weighted by Crippen LogP contribution is 2.35. The van der Waals surface area contributed by atoms with E-state index >= 15 is 0 Å². The third-order valence-corrected chi connectivity index (χ3v) is 5.87. The summed E-state index contributed by atoms with van der Waals surface area (Å²) in [5.74, 6) is -1.81. The first kappa shape index (κ1) is 33.7. The molecule has 0 heterocycles. The molecule has 10 nitrogen and oxygen atoms in total. The Balaban J connectivity index is 3.76. The van der Waals surface area contributed by atoms with Gasteiger partial charge in [0.05, 0.1) is 6.42 Å². The minimum atomic E-state index is -1.39. The van der Waals surface area contributed by atoms with Gasteiger partial charge in [-0.3, -0.25) is 14.4 Å². The van der Waals surface area contributed by atoms with Crippen molar-refractivity contribution in [2.24, 2.45) is 11.7 Å². The summed E-state index contributed by atoms with van der Waals surface area (Å²) in [4.78, 5) is 54.1. The van der Waals surface area contributed by atoms with E-state index in [1.807, 2.05) is 20.8 Å². The van der Waals surface area contributed by atoms with E-state index in [2.05, 4.69) is 24.5 Å². The molecule has 0 bridgehead atoms. The van der Waals surface area contributed by atoms with Crippen molar-refractivity contribution < 1.29 is 29.0 Å². The minimum absolute atomic E-state index is 0.119. The number of nitrogens with zero attached hydrogens (tertiary/aromatic N) is 1. The molecule has 10 heteroatoms. The number of para-hydroxylation sites is 1. The number of rotatable bonds is 11. The highest BCUT2D eigenvalue weighted by atomic mass is 16.6. The quantitative estimate of drug-likeness (QED) is 0.327. The fourth-order valence-corrected chi connectivity index (χ4v) is 4.10. The molecule has 3 unspecified atom stereocenters. The summed E-state index contributed by atoms with van der Waals surface area (Å²) in [5, 5.41) is 16.4. The lowest BCUT2D eigenvalue weighted by Gasteiger charge is -2.40. The fourth-order valence-electron chi connectivity index (χ4n) is 4.10. The van der Waals surface area contributed by atoms with Crippen molar-refractivity contribution >= 4 is 23.8 Å². The minimum Gasteiger partial charge on any atom is -0.507 e. The molecule has 0 aromatic heterocycles. The molecule has 220 valence electrons. The predicted octanol–water partition coefficient (Wildman–Crippen LogP) is 4.08. The first-order chi connectivity index (χ1) is 17.7. The Morgan fingerprint density at radius 2 is 1.62 bits per heavy atom. The zero-order chi connectivity index (χ0) is 30.3. The van der Waals surface area contributed by atoms with Crippen LogP contribution in [0.1, 0.15) is 98.7 Å². The summed E-state index contributed by atoms with van der Waals surface area (Å²) >= 11 is 0. The molecule has 1 aromatic carbocycles. The molecule has 4 amide bonds. The van der Waals surface area contributed by atoms with Gasteiger partial charge >= 0.3 is 6.09 Å². The van der Waals surface area contributed by atoms with Gasteiger partial charge in [0.1, 0.15) is 23.4 Å². The number of carbonyl (C=O) groups is 4. The summed E-state index contributed by atoms with van der Waals surface area (Å²) in [6, 6.07) is 1.83. The van der Waals surface area contributed by atoms with Gasteiger partial charge in [0, 0.05) is 17.1 Å². The lowest BCUT2D eigenvalue weighted by atomic mass is 9.94. The van der Waals surface area contributed by atoms with Gasteiger partial charge in [-0.15, -0.1) is 0 Å². The van der Waals surface area contributed by atoms with Crippen molar-refractivity contribution in [2.75, 3.05) is 0 Å². The third kappa shape index (κ3) is 11.1. The SMILES string of the molecule is Cc1cccc(C(C(=O)NC(C)(C)C)N(C(=O)C(CC(N)=O)NC(=O)OC(C)(C)C)C(C)CCC(C)C)c1O. The van der Waals surface area contributed by atoms with Gasteiger partial charge in [-0.1, -0.05) is 32.0 Å². The molecule has 1 rings (SSSR count). The topological polar surface area (TPSA) is 151 Å². The van der Waals surface area contributed by atoms with E-state index < -0.39 is 59.5 Å². The average Bonchev–Trinajstić information content (AvgIpc) is 2.74. The molecule has 0 aliphatic carbocycles. The highest BCUT2D eigenvalue weighted by molar-refractivity contribution is 5.95. The number of hydrogen-bond donors (Lipinski definition) is 4. The Hall–Kier alpha value is -3.30. The van der Waals surface area contributed by atoms with Crippen LogP contribution in [0.3, 0.4) is 0 Å². The number of alkyl carbamates (subject to hydrolysis) is 1. The molecule has 0 radical (unpaired) electrons. The van der Waals surface area contributed by atoms with Gasteiger partial charge in [0.25, 0.3) is 0 Å². The molecule has 0 fully saturated rings. The molecule has 0 saturated carbocycles. The van der Waals surface area contributed by atoms with E-state index in [1.54, 1.807) is 52.8 Å². The molecule has 3 atom stereocenters. The standard InChI is InChI=1S/C29H48N4O6/c1-17(2)14-15-19(4)33(26(37)21(16-22(30)34)31-27(38)39-29(8,9)10)23(25(36)32-28(5,6)7)20-13-11-12-18(3)24(20)35/h11-13,17,19,21,23,35H,14-16H2,1-10H3,(H2,30,34)(H,31,38)(H,32,36). The number of phenols is 1. The van der Waals surface area contributed by atoms with Crippen LogP contribution in [0.4, 0.5) is 4.79 Å². The van der Waals surface area contributed by atoms with Crippen molar-refractivity contribution in [3.05, 3.63) is 29.3 Å². The van der Waals surface area contributed by atoms with Crippen LogP contribution < -0.4 is 16.4 Å². The van der Waals surface area contributed by atoms with Gasteiger partial charge in [0.2, 0.25) is 17.7 Å². The lowest BCUT2D eigenvalue weighted by molar-refractivity contribution is -0.146. The average molecular weight is 549 g/mol. The Morgan fingerprint density at radius 1 is 1.03 bits per heavy atom. The molecular formula is C29H48N4O6. The number of primary amides is 1. The smallest absolute Gasteiger partial charge is 0.408 e. The number of amides is 4. The number of hydrogen-bond acceptors (Lipinski definition) is 6. The first-order valence-corrected chi connectivity index (χ1v) is 13.4. The second kappa shape index (κ2) is 13.7. The molecule has 5 N–H and O–H groups in total. The Labute approximate surface area is 233 Å². The van der Waals surface area contributed by atoms with Crippen LogP contribution >= 0.6 is 0 Å². The van der Waals surface area contributed by atoms with Gasteiger partial charge < -0.3 is 31.1 Å². The van der Waals surface area contributed by atoms with Crippen LogP contribution in [0, 0.1) is 12.8 Å². The Bertz CT molecular complexity index is 1030. The van der Waals surface area contributed by atoms with Crippen LogP contribution in [0.2, 0.25) is 0 Å². The van der Waals surface area contributed by atoms with Gasteiger partial charge in [-0.05, 0) is 79.7 Å². The van der Waals surface area contributed by atoms with E-state index in [4.69, 9.17) is 10.5 Å². The van der Waals surface area contributed by atoms with E-state index in [-0.39, 0.29) is 11.3 Å². The Kier molecular flexibility index (Phi) is 11.8. The van der Waals surface area contributed by atoms with Crippen molar-refractivity contribution in [1.29, 1.82) is 0 Å². The number of aryl methyl sites for hydroxylation is 1.